The molecule has 0 atom stereocenters. The van der Waals surface area contributed by atoms with Crippen molar-refractivity contribution in [2.75, 3.05) is 0 Å². The number of carboxylic acids is 1. The van der Waals surface area contributed by atoms with E-state index in [1.54, 1.807) is 0 Å². The van der Waals surface area contributed by atoms with Gasteiger partial charge in [0.2, 0.25) is 0 Å². The van der Waals surface area contributed by atoms with Gasteiger partial charge in [0.05, 0.1) is 22.2 Å². The van der Waals surface area contributed by atoms with Crippen LogP contribution in [0.1, 0.15) is 15.9 Å². The van der Waals surface area contributed by atoms with Gasteiger partial charge in [-0.3, -0.25) is 0 Å². The normalized spacial score (nSPS) is 9.31. The van der Waals surface area contributed by atoms with Gasteiger partial charge >= 0.3 is 5.97 Å². The molecule has 0 aliphatic rings. The molecule has 0 aromatic heterocycles. The molecule has 0 bridgehead atoms. The number of aromatic carboxylic acids is 1. The van der Waals surface area contributed by atoms with Crippen molar-refractivity contribution < 1.29 is 9.90 Å². The summed E-state index contributed by atoms with van der Waals surface area (Å²) in [6.45, 7) is 0. The molecular weight excluding hydrogens is 210 g/mol. The van der Waals surface area contributed by atoms with Crippen molar-refractivity contribution in [1.29, 1.82) is 5.26 Å². The molecule has 0 spiro atoms. The van der Waals surface area contributed by atoms with Crippen LogP contribution in [0, 0.1) is 11.3 Å². The number of rotatable bonds is 1. The van der Waals surface area contributed by atoms with E-state index in [2.05, 4.69) is 12.6 Å². The van der Waals surface area contributed by atoms with E-state index < -0.39 is 5.97 Å². The van der Waals surface area contributed by atoms with Crippen molar-refractivity contribution in [3.63, 3.8) is 0 Å². The molecule has 0 heterocycles. The summed E-state index contributed by atoms with van der Waals surface area (Å²) in [6.07, 6.45) is 0. The fourth-order valence-corrected chi connectivity index (χ4v) is 1.59. The third-order valence-electron chi connectivity index (χ3n) is 1.41. The maximum Gasteiger partial charge on any atom is 0.338 e. The Morgan fingerprint density at radius 3 is 2.62 bits per heavy atom. The van der Waals surface area contributed by atoms with Crippen LogP contribution in [-0.2, 0) is 0 Å². The molecule has 0 saturated carbocycles. The Labute approximate surface area is 85.0 Å². The molecule has 13 heavy (non-hydrogen) atoms. The second-order valence-electron chi connectivity index (χ2n) is 2.27. The summed E-state index contributed by atoms with van der Waals surface area (Å²) in [4.78, 5) is 10.8. The molecule has 1 aromatic rings. The quantitative estimate of drug-likeness (QED) is 0.703. The minimum absolute atomic E-state index is 0.0246. The zero-order valence-electron chi connectivity index (χ0n) is 6.28. The third-order valence-corrected chi connectivity index (χ3v) is 2.06. The number of hydrogen-bond donors (Lipinski definition) is 2. The first-order chi connectivity index (χ1) is 6.06. The largest absolute Gasteiger partial charge is 0.478 e. The lowest BCUT2D eigenvalue weighted by Gasteiger charge is -2.02. The van der Waals surface area contributed by atoms with E-state index in [0.29, 0.717) is 5.56 Å². The summed E-state index contributed by atoms with van der Waals surface area (Å²) in [7, 11) is 0. The SMILES string of the molecule is N#Cc1cc(S)c(C(=O)O)c(Cl)c1. The predicted octanol–water partition coefficient (Wildman–Crippen LogP) is 2.20. The molecule has 5 heteroatoms. The first-order valence-electron chi connectivity index (χ1n) is 3.22. The number of carbonyl (C=O) groups is 1. The molecule has 66 valence electrons. The lowest BCUT2D eigenvalue weighted by Crippen LogP contribution is -1.99. The van der Waals surface area contributed by atoms with Gasteiger partial charge in [-0.15, -0.1) is 12.6 Å². The average Bonchev–Trinajstić information content (AvgIpc) is 2.02. The van der Waals surface area contributed by atoms with Crippen LogP contribution in [0.5, 0.6) is 0 Å². The second-order valence-corrected chi connectivity index (χ2v) is 3.16. The zero-order chi connectivity index (χ0) is 10.0. The smallest absolute Gasteiger partial charge is 0.338 e. The van der Waals surface area contributed by atoms with E-state index in [-0.39, 0.29) is 15.5 Å². The minimum Gasteiger partial charge on any atom is -0.478 e. The summed E-state index contributed by atoms with van der Waals surface area (Å²) in [5, 5.41) is 17.2. The first kappa shape index (κ1) is 9.90. The van der Waals surface area contributed by atoms with Crippen LogP contribution in [0.3, 0.4) is 0 Å². The van der Waals surface area contributed by atoms with E-state index in [1.165, 1.54) is 12.1 Å². The lowest BCUT2D eigenvalue weighted by molar-refractivity contribution is 0.0693. The van der Waals surface area contributed by atoms with Crippen LogP contribution >= 0.6 is 24.2 Å². The Kier molecular flexibility index (Phi) is 2.81. The Morgan fingerprint density at radius 1 is 1.62 bits per heavy atom. The zero-order valence-corrected chi connectivity index (χ0v) is 7.93. The molecule has 0 unspecified atom stereocenters. The van der Waals surface area contributed by atoms with Gasteiger partial charge in [-0.1, -0.05) is 11.6 Å². The van der Waals surface area contributed by atoms with Crippen molar-refractivity contribution in [3.8, 4) is 6.07 Å². The van der Waals surface area contributed by atoms with Crippen LogP contribution in [0.25, 0.3) is 0 Å². The average molecular weight is 214 g/mol. The number of nitrogens with zero attached hydrogens (tertiary/aromatic N) is 1. The fraction of sp³-hybridized carbons (Fsp3) is 0. The molecular formula is C8H4ClNO2S. The maximum absolute atomic E-state index is 10.6. The third kappa shape index (κ3) is 1.94. The van der Waals surface area contributed by atoms with Crippen LogP contribution < -0.4 is 0 Å². The molecule has 0 aliphatic carbocycles. The Hall–Kier alpha value is -1.18. The van der Waals surface area contributed by atoms with Gasteiger partial charge in [0.1, 0.15) is 0 Å². The van der Waals surface area contributed by atoms with Crippen molar-refractivity contribution >= 4 is 30.2 Å². The van der Waals surface area contributed by atoms with Crippen LogP contribution in [0.2, 0.25) is 5.02 Å². The van der Waals surface area contributed by atoms with E-state index in [9.17, 15) is 4.79 Å². The molecule has 0 fully saturated rings. The number of carboxylic acid groups (broad SMARTS) is 1. The van der Waals surface area contributed by atoms with Gasteiger partial charge in [-0.2, -0.15) is 5.26 Å². The molecule has 1 rings (SSSR count). The Morgan fingerprint density at radius 2 is 2.23 bits per heavy atom. The van der Waals surface area contributed by atoms with Crippen LogP contribution in [0.15, 0.2) is 17.0 Å². The van der Waals surface area contributed by atoms with E-state index in [1.807, 2.05) is 6.07 Å². The number of nitriles is 1. The number of benzene rings is 1. The van der Waals surface area contributed by atoms with Crippen molar-refractivity contribution in [2.24, 2.45) is 0 Å². The summed E-state index contributed by atoms with van der Waals surface area (Å²) in [6, 6.07) is 4.50. The van der Waals surface area contributed by atoms with E-state index >= 15 is 0 Å². The molecule has 1 N–H and O–H groups in total. The van der Waals surface area contributed by atoms with Gasteiger partial charge in [0.25, 0.3) is 0 Å². The summed E-state index contributed by atoms with van der Waals surface area (Å²) in [5.74, 6) is -1.15. The van der Waals surface area contributed by atoms with Gasteiger partial charge in [-0.25, -0.2) is 4.79 Å². The predicted molar refractivity (Wildman–Crippen MR) is 50.4 cm³/mol. The molecule has 0 radical (unpaired) electrons. The highest BCUT2D eigenvalue weighted by atomic mass is 35.5. The highest BCUT2D eigenvalue weighted by Crippen LogP contribution is 2.24. The summed E-state index contributed by atoms with van der Waals surface area (Å²) >= 11 is 9.54. The van der Waals surface area contributed by atoms with Crippen molar-refractivity contribution in [2.45, 2.75) is 4.90 Å². The monoisotopic (exact) mass is 213 g/mol. The van der Waals surface area contributed by atoms with E-state index in [4.69, 9.17) is 22.0 Å². The number of halogens is 1. The molecule has 3 nitrogen and oxygen atoms in total. The van der Waals surface area contributed by atoms with Crippen molar-refractivity contribution in [3.05, 3.63) is 28.3 Å². The van der Waals surface area contributed by atoms with Gasteiger partial charge in [0, 0.05) is 4.90 Å². The van der Waals surface area contributed by atoms with Crippen LogP contribution in [-0.4, -0.2) is 11.1 Å². The molecule has 1 aromatic carbocycles. The number of hydrogen-bond acceptors (Lipinski definition) is 3. The second kappa shape index (κ2) is 3.69. The lowest BCUT2D eigenvalue weighted by atomic mass is 10.1. The van der Waals surface area contributed by atoms with Gasteiger partial charge in [-0.05, 0) is 12.1 Å². The Balaban J connectivity index is 3.42. The van der Waals surface area contributed by atoms with Gasteiger partial charge < -0.3 is 5.11 Å². The summed E-state index contributed by atoms with van der Waals surface area (Å²) < 4.78 is 0. The summed E-state index contributed by atoms with van der Waals surface area (Å²) in [5.41, 5.74) is 0.212. The Bertz CT molecular complexity index is 388. The standard InChI is InChI=1S/C8H4ClNO2S/c9-5-1-4(3-10)2-6(13)7(5)8(11)12/h1-2,13H,(H,11,12). The van der Waals surface area contributed by atoms with Gasteiger partial charge in [0.15, 0.2) is 0 Å². The minimum atomic E-state index is -1.15. The maximum atomic E-state index is 10.6. The van der Waals surface area contributed by atoms with Crippen molar-refractivity contribution in [1.82, 2.24) is 0 Å². The molecule has 0 saturated heterocycles. The first-order valence-corrected chi connectivity index (χ1v) is 4.04. The molecule has 0 amide bonds. The fourth-order valence-electron chi connectivity index (χ4n) is 0.868. The highest BCUT2D eigenvalue weighted by Gasteiger charge is 2.13. The molecule has 0 aliphatic heterocycles. The van der Waals surface area contributed by atoms with Crippen LogP contribution in [0.4, 0.5) is 0 Å². The number of thiol groups is 1. The van der Waals surface area contributed by atoms with E-state index in [0.717, 1.165) is 0 Å². The highest BCUT2D eigenvalue weighted by molar-refractivity contribution is 7.80. The topological polar surface area (TPSA) is 61.1 Å².